The number of rotatable bonds is 7. The Morgan fingerprint density at radius 1 is 1.27 bits per heavy atom. The molecule has 1 N–H and O–H groups in total. The third-order valence-corrected chi connectivity index (χ3v) is 4.69. The number of fused-ring (bicyclic) bond motifs is 1. The van der Waals surface area contributed by atoms with Crippen molar-refractivity contribution in [3.63, 3.8) is 0 Å². The zero-order chi connectivity index (χ0) is 18.5. The molecule has 0 atom stereocenters. The van der Waals surface area contributed by atoms with Crippen LogP contribution in [0.3, 0.4) is 0 Å². The van der Waals surface area contributed by atoms with E-state index in [2.05, 4.69) is 55.7 Å². The maximum atomic E-state index is 5.65. The molecule has 0 aliphatic rings. The highest BCUT2D eigenvalue weighted by Crippen LogP contribution is 2.33. The Morgan fingerprint density at radius 2 is 2.08 bits per heavy atom. The minimum Gasteiger partial charge on any atom is -0.493 e. The van der Waals surface area contributed by atoms with Crippen LogP contribution in [0.1, 0.15) is 19.4 Å². The van der Waals surface area contributed by atoms with E-state index in [0.29, 0.717) is 12.4 Å². The molecule has 1 aromatic heterocycles. The van der Waals surface area contributed by atoms with Crippen molar-refractivity contribution < 1.29 is 9.47 Å². The molecule has 0 bridgehead atoms. The van der Waals surface area contributed by atoms with E-state index in [4.69, 9.17) is 9.47 Å². The molecular formula is C19H21IN4O2. The van der Waals surface area contributed by atoms with Gasteiger partial charge in [0.2, 0.25) is 5.95 Å². The van der Waals surface area contributed by atoms with E-state index in [1.165, 1.54) is 0 Å². The standard InChI is InChI=1S/C19H21IN4O2/c1-4-24-16-9-7-6-8-15(16)22-19(24)23-21-12-13-10-14(20)18(26-5-2)17(11-13)25-3/h6-12H,4-5H2,1-3H3,(H,22,23)/b21-12-. The molecule has 6 nitrogen and oxygen atoms in total. The second kappa shape index (κ2) is 8.39. The highest BCUT2D eigenvalue weighted by atomic mass is 127. The Balaban J connectivity index is 1.84. The van der Waals surface area contributed by atoms with Crippen molar-refractivity contribution in [1.82, 2.24) is 9.55 Å². The van der Waals surface area contributed by atoms with Gasteiger partial charge in [0, 0.05) is 6.54 Å². The summed E-state index contributed by atoms with van der Waals surface area (Å²) in [6.45, 7) is 5.44. The molecule has 0 unspecified atom stereocenters. The Labute approximate surface area is 166 Å². The number of imidazole rings is 1. The van der Waals surface area contributed by atoms with E-state index in [-0.39, 0.29) is 0 Å². The fourth-order valence-electron chi connectivity index (χ4n) is 2.74. The summed E-state index contributed by atoms with van der Waals surface area (Å²) in [5.74, 6) is 2.17. The SMILES string of the molecule is CCOc1c(I)cc(/C=N\Nc2nc3ccccc3n2CC)cc1OC. The maximum absolute atomic E-state index is 5.65. The van der Waals surface area contributed by atoms with Crippen LogP contribution in [0.15, 0.2) is 41.5 Å². The summed E-state index contributed by atoms with van der Waals surface area (Å²) < 4.78 is 14.1. The average molecular weight is 464 g/mol. The quantitative estimate of drug-likeness (QED) is 0.318. The molecule has 0 spiro atoms. The molecule has 3 aromatic rings. The molecule has 3 rings (SSSR count). The summed E-state index contributed by atoms with van der Waals surface area (Å²) in [6, 6.07) is 12.0. The fraction of sp³-hybridized carbons (Fsp3) is 0.263. The van der Waals surface area contributed by atoms with Gasteiger partial charge in [-0.3, -0.25) is 0 Å². The van der Waals surface area contributed by atoms with Crippen molar-refractivity contribution in [2.24, 2.45) is 5.10 Å². The minimum absolute atomic E-state index is 0.592. The smallest absolute Gasteiger partial charge is 0.224 e. The van der Waals surface area contributed by atoms with Crippen LogP contribution < -0.4 is 14.9 Å². The van der Waals surface area contributed by atoms with Crippen molar-refractivity contribution in [3.05, 3.63) is 45.5 Å². The summed E-state index contributed by atoms with van der Waals surface area (Å²) in [4.78, 5) is 4.60. The lowest BCUT2D eigenvalue weighted by molar-refractivity contribution is 0.308. The van der Waals surface area contributed by atoms with Crippen LogP contribution in [0.2, 0.25) is 0 Å². The molecule has 0 fully saturated rings. The van der Waals surface area contributed by atoms with Gasteiger partial charge in [0.15, 0.2) is 11.5 Å². The normalized spacial score (nSPS) is 11.2. The van der Waals surface area contributed by atoms with Crippen LogP contribution in [-0.4, -0.2) is 29.5 Å². The number of nitrogens with zero attached hydrogens (tertiary/aromatic N) is 3. The van der Waals surface area contributed by atoms with Gasteiger partial charge in [-0.15, -0.1) is 0 Å². The van der Waals surface area contributed by atoms with Gasteiger partial charge >= 0.3 is 0 Å². The Kier molecular flexibility index (Phi) is 5.97. The number of hydrogen-bond donors (Lipinski definition) is 1. The zero-order valence-electron chi connectivity index (χ0n) is 15.0. The molecule has 0 aliphatic carbocycles. The van der Waals surface area contributed by atoms with Gasteiger partial charge in [0.05, 0.1) is 34.5 Å². The number of aromatic nitrogens is 2. The van der Waals surface area contributed by atoms with Gasteiger partial charge in [0.1, 0.15) is 0 Å². The number of benzene rings is 2. The number of anilines is 1. The number of aryl methyl sites for hydroxylation is 1. The van der Waals surface area contributed by atoms with Crippen LogP contribution in [0.5, 0.6) is 11.5 Å². The number of para-hydroxylation sites is 2. The maximum Gasteiger partial charge on any atom is 0.224 e. The predicted molar refractivity (Wildman–Crippen MR) is 114 cm³/mol. The number of hydrazone groups is 1. The lowest BCUT2D eigenvalue weighted by Crippen LogP contribution is -2.02. The van der Waals surface area contributed by atoms with E-state index < -0.39 is 0 Å². The molecule has 7 heteroatoms. The number of methoxy groups -OCH3 is 1. The summed E-state index contributed by atoms with van der Waals surface area (Å²) in [6.07, 6.45) is 1.75. The zero-order valence-corrected chi connectivity index (χ0v) is 17.1. The monoisotopic (exact) mass is 464 g/mol. The van der Waals surface area contributed by atoms with Gasteiger partial charge in [-0.1, -0.05) is 12.1 Å². The third kappa shape index (κ3) is 3.77. The molecule has 26 heavy (non-hydrogen) atoms. The van der Waals surface area contributed by atoms with E-state index in [1.54, 1.807) is 13.3 Å². The molecule has 0 amide bonds. The molecule has 136 valence electrons. The Bertz CT molecular complexity index is 937. The van der Waals surface area contributed by atoms with Gasteiger partial charge in [-0.2, -0.15) is 5.10 Å². The van der Waals surface area contributed by atoms with Crippen molar-refractivity contribution in [1.29, 1.82) is 0 Å². The first-order valence-electron chi connectivity index (χ1n) is 8.42. The van der Waals surface area contributed by atoms with E-state index >= 15 is 0 Å². The van der Waals surface area contributed by atoms with E-state index in [1.807, 2.05) is 37.3 Å². The highest BCUT2D eigenvalue weighted by molar-refractivity contribution is 14.1. The van der Waals surface area contributed by atoms with Gasteiger partial charge < -0.3 is 14.0 Å². The molecular weight excluding hydrogens is 443 g/mol. The van der Waals surface area contributed by atoms with Crippen LogP contribution in [-0.2, 0) is 6.54 Å². The lowest BCUT2D eigenvalue weighted by Gasteiger charge is -2.12. The summed E-state index contributed by atoms with van der Waals surface area (Å²) in [5, 5.41) is 4.35. The second-order valence-corrected chi connectivity index (χ2v) is 6.67. The van der Waals surface area contributed by atoms with E-state index in [0.717, 1.165) is 38.4 Å². The predicted octanol–water partition coefficient (Wildman–Crippen LogP) is 4.51. The van der Waals surface area contributed by atoms with Gasteiger partial charge in [-0.25, -0.2) is 10.4 Å². The van der Waals surface area contributed by atoms with Crippen LogP contribution in [0.4, 0.5) is 5.95 Å². The number of hydrogen-bond acceptors (Lipinski definition) is 5. The third-order valence-electron chi connectivity index (χ3n) is 3.89. The van der Waals surface area contributed by atoms with E-state index in [9.17, 15) is 0 Å². The number of nitrogens with one attached hydrogen (secondary N) is 1. The summed E-state index contributed by atoms with van der Waals surface area (Å²) in [5.41, 5.74) is 6.00. The first-order chi connectivity index (χ1) is 12.7. The molecule has 0 saturated carbocycles. The highest BCUT2D eigenvalue weighted by Gasteiger charge is 2.11. The number of ether oxygens (including phenoxy) is 2. The van der Waals surface area contributed by atoms with Crippen molar-refractivity contribution in [3.8, 4) is 11.5 Å². The van der Waals surface area contributed by atoms with Crippen LogP contribution in [0, 0.1) is 3.57 Å². The molecule has 2 aromatic carbocycles. The largest absolute Gasteiger partial charge is 0.493 e. The molecule has 0 saturated heterocycles. The first-order valence-corrected chi connectivity index (χ1v) is 9.50. The van der Waals surface area contributed by atoms with Crippen molar-refractivity contribution in [2.75, 3.05) is 19.1 Å². The Hall–Kier alpha value is -2.29. The summed E-state index contributed by atoms with van der Waals surface area (Å²) in [7, 11) is 1.64. The number of halogens is 1. The fourth-order valence-corrected chi connectivity index (χ4v) is 3.53. The van der Waals surface area contributed by atoms with Gasteiger partial charge in [-0.05, 0) is 66.3 Å². The first kappa shape index (κ1) is 18.5. The summed E-state index contributed by atoms with van der Waals surface area (Å²) >= 11 is 2.24. The topological polar surface area (TPSA) is 60.7 Å². The molecule has 1 heterocycles. The molecule has 0 aliphatic heterocycles. The van der Waals surface area contributed by atoms with Crippen LogP contribution >= 0.6 is 22.6 Å². The van der Waals surface area contributed by atoms with Crippen LogP contribution in [0.25, 0.3) is 11.0 Å². The van der Waals surface area contributed by atoms with Crippen molar-refractivity contribution >= 4 is 45.8 Å². The Morgan fingerprint density at radius 3 is 2.81 bits per heavy atom. The lowest BCUT2D eigenvalue weighted by atomic mass is 10.2. The average Bonchev–Trinajstić information content (AvgIpc) is 3.01. The second-order valence-electron chi connectivity index (χ2n) is 5.51. The van der Waals surface area contributed by atoms with Crippen molar-refractivity contribution in [2.45, 2.75) is 20.4 Å². The minimum atomic E-state index is 0.592. The molecule has 0 radical (unpaired) electrons. The van der Waals surface area contributed by atoms with Gasteiger partial charge in [0.25, 0.3) is 0 Å².